The lowest BCUT2D eigenvalue weighted by molar-refractivity contribution is -0.117. The van der Waals surface area contributed by atoms with Gasteiger partial charge in [-0.05, 0) is 61.3 Å². The fourth-order valence-electron chi connectivity index (χ4n) is 2.74. The molecule has 1 N–H and O–H groups in total. The Bertz CT molecular complexity index is 573. The van der Waals surface area contributed by atoms with Crippen molar-refractivity contribution in [2.24, 2.45) is 10.8 Å². The van der Waals surface area contributed by atoms with Crippen LogP contribution >= 0.6 is 0 Å². The molecule has 1 aromatic rings. The van der Waals surface area contributed by atoms with E-state index in [1.54, 1.807) is 38.3 Å². The molecule has 0 aliphatic heterocycles. The number of rotatable bonds is 10. The summed E-state index contributed by atoms with van der Waals surface area (Å²) in [4.78, 5) is 23.4. The molecule has 1 aromatic carbocycles. The number of ketones is 1. The standard InChI is InChI=1S/C21H33NO3/c1-16(23)12-14-21(4,5)20(2,3)13-7-15-22-19(24)17-8-10-18(25-6)11-9-17/h8-11H,7,12-15H2,1-6H3,(H,22,24). The predicted octanol–water partition coefficient (Wildman–Crippen LogP) is 4.63. The van der Waals surface area contributed by atoms with Crippen molar-refractivity contribution in [3.63, 3.8) is 0 Å². The number of Topliss-reactive ketones (excluding diaryl/α,β-unsaturated/α-hetero) is 1. The Morgan fingerprint density at radius 3 is 2.08 bits per heavy atom. The third-order valence-corrected chi connectivity index (χ3v) is 5.55. The van der Waals surface area contributed by atoms with Gasteiger partial charge in [-0.1, -0.05) is 27.7 Å². The Hall–Kier alpha value is -1.84. The summed E-state index contributed by atoms with van der Waals surface area (Å²) < 4.78 is 5.10. The summed E-state index contributed by atoms with van der Waals surface area (Å²) in [7, 11) is 1.61. The van der Waals surface area contributed by atoms with Gasteiger partial charge in [-0.3, -0.25) is 4.79 Å². The molecule has 0 atom stereocenters. The summed E-state index contributed by atoms with van der Waals surface area (Å²) in [6.45, 7) is 11.3. The first-order valence-electron chi connectivity index (χ1n) is 9.01. The molecule has 1 amide bonds. The van der Waals surface area contributed by atoms with Gasteiger partial charge in [0.15, 0.2) is 0 Å². The highest BCUT2D eigenvalue weighted by Crippen LogP contribution is 2.45. The molecule has 0 saturated heterocycles. The minimum Gasteiger partial charge on any atom is -0.497 e. The average Bonchev–Trinajstić information content (AvgIpc) is 2.56. The molecule has 4 heteroatoms. The number of carbonyl (C=O) groups excluding carboxylic acids is 2. The summed E-state index contributed by atoms with van der Waals surface area (Å²) in [6, 6.07) is 7.11. The van der Waals surface area contributed by atoms with E-state index in [4.69, 9.17) is 4.74 Å². The molecule has 0 saturated carbocycles. The van der Waals surface area contributed by atoms with Gasteiger partial charge in [0, 0.05) is 18.5 Å². The number of hydrogen-bond donors (Lipinski definition) is 1. The van der Waals surface area contributed by atoms with Crippen LogP contribution in [-0.2, 0) is 4.79 Å². The Morgan fingerprint density at radius 1 is 1.00 bits per heavy atom. The largest absolute Gasteiger partial charge is 0.497 e. The van der Waals surface area contributed by atoms with Crippen molar-refractivity contribution in [3.05, 3.63) is 29.8 Å². The molecule has 0 aromatic heterocycles. The molecule has 0 radical (unpaired) electrons. The maximum atomic E-state index is 12.2. The van der Waals surface area contributed by atoms with E-state index in [0.717, 1.165) is 25.0 Å². The van der Waals surface area contributed by atoms with E-state index in [-0.39, 0.29) is 22.5 Å². The highest BCUT2D eigenvalue weighted by Gasteiger charge is 2.36. The van der Waals surface area contributed by atoms with E-state index in [1.165, 1.54) is 0 Å². The van der Waals surface area contributed by atoms with Gasteiger partial charge in [0.1, 0.15) is 11.5 Å². The van der Waals surface area contributed by atoms with Gasteiger partial charge >= 0.3 is 0 Å². The predicted molar refractivity (Wildman–Crippen MR) is 102 cm³/mol. The lowest BCUT2D eigenvalue weighted by Gasteiger charge is -2.42. The Balaban J connectivity index is 2.44. The van der Waals surface area contributed by atoms with Crippen LogP contribution in [0.15, 0.2) is 24.3 Å². The van der Waals surface area contributed by atoms with Gasteiger partial charge < -0.3 is 14.8 Å². The topological polar surface area (TPSA) is 55.4 Å². The molecule has 0 aliphatic rings. The third-order valence-electron chi connectivity index (χ3n) is 5.55. The third kappa shape index (κ3) is 6.52. The summed E-state index contributed by atoms with van der Waals surface area (Å²) in [5, 5.41) is 2.98. The minimum absolute atomic E-state index is 0.0590. The first-order chi connectivity index (χ1) is 11.6. The number of benzene rings is 1. The maximum Gasteiger partial charge on any atom is 0.251 e. The SMILES string of the molecule is COc1ccc(C(=O)NCCCC(C)(C)C(C)(C)CCC(C)=O)cc1. The zero-order chi connectivity index (χ0) is 19.1. The van der Waals surface area contributed by atoms with Crippen LogP contribution in [0.4, 0.5) is 0 Å². The second-order valence-corrected chi connectivity index (χ2v) is 8.06. The van der Waals surface area contributed by atoms with Crippen LogP contribution in [0.25, 0.3) is 0 Å². The molecule has 0 spiro atoms. The van der Waals surface area contributed by atoms with E-state index in [2.05, 4.69) is 33.0 Å². The zero-order valence-electron chi connectivity index (χ0n) is 16.6. The number of methoxy groups -OCH3 is 1. The number of ether oxygens (including phenoxy) is 1. The van der Waals surface area contributed by atoms with Crippen LogP contribution in [0.2, 0.25) is 0 Å². The van der Waals surface area contributed by atoms with E-state index >= 15 is 0 Å². The minimum atomic E-state index is -0.0590. The number of amides is 1. The van der Waals surface area contributed by atoms with E-state index in [9.17, 15) is 9.59 Å². The first kappa shape index (κ1) is 21.2. The van der Waals surface area contributed by atoms with Crippen molar-refractivity contribution in [1.82, 2.24) is 5.32 Å². The van der Waals surface area contributed by atoms with Crippen LogP contribution in [0, 0.1) is 10.8 Å². The van der Waals surface area contributed by atoms with Crippen LogP contribution in [0.3, 0.4) is 0 Å². The van der Waals surface area contributed by atoms with Gasteiger partial charge in [0.25, 0.3) is 5.91 Å². The van der Waals surface area contributed by atoms with Crippen molar-refractivity contribution in [3.8, 4) is 5.75 Å². The lowest BCUT2D eigenvalue weighted by atomic mass is 9.63. The second kappa shape index (κ2) is 9.02. The highest BCUT2D eigenvalue weighted by molar-refractivity contribution is 5.94. The Labute approximate surface area is 152 Å². The maximum absolute atomic E-state index is 12.2. The zero-order valence-corrected chi connectivity index (χ0v) is 16.6. The monoisotopic (exact) mass is 347 g/mol. The van der Waals surface area contributed by atoms with Crippen molar-refractivity contribution in [2.45, 2.75) is 60.3 Å². The fraction of sp³-hybridized carbons (Fsp3) is 0.619. The van der Waals surface area contributed by atoms with Crippen molar-refractivity contribution >= 4 is 11.7 Å². The van der Waals surface area contributed by atoms with E-state index in [0.29, 0.717) is 18.5 Å². The quantitative estimate of drug-likeness (QED) is 0.628. The molecular formula is C21H33NO3. The molecule has 0 unspecified atom stereocenters. The molecule has 140 valence electrons. The van der Waals surface area contributed by atoms with Gasteiger partial charge in [-0.25, -0.2) is 0 Å². The van der Waals surface area contributed by atoms with Crippen molar-refractivity contribution in [2.75, 3.05) is 13.7 Å². The molecule has 1 rings (SSSR count). The normalized spacial score (nSPS) is 11.9. The summed E-state index contributed by atoms with van der Waals surface area (Å²) in [6.07, 6.45) is 3.44. The van der Waals surface area contributed by atoms with Gasteiger partial charge in [-0.15, -0.1) is 0 Å². The molecule has 0 heterocycles. The van der Waals surface area contributed by atoms with Crippen LogP contribution < -0.4 is 10.1 Å². The highest BCUT2D eigenvalue weighted by atomic mass is 16.5. The summed E-state index contributed by atoms with van der Waals surface area (Å²) in [5.74, 6) is 0.929. The number of nitrogens with one attached hydrogen (secondary N) is 1. The molecular weight excluding hydrogens is 314 g/mol. The number of carbonyl (C=O) groups is 2. The Kier molecular flexibility index (Phi) is 7.65. The molecule has 0 bridgehead atoms. The second-order valence-electron chi connectivity index (χ2n) is 8.06. The molecule has 25 heavy (non-hydrogen) atoms. The lowest BCUT2D eigenvalue weighted by Crippen LogP contribution is -2.34. The van der Waals surface area contributed by atoms with Gasteiger partial charge in [-0.2, -0.15) is 0 Å². The van der Waals surface area contributed by atoms with Gasteiger partial charge in [0.2, 0.25) is 0 Å². The smallest absolute Gasteiger partial charge is 0.251 e. The Morgan fingerprint density at radius 2 is 1.56 bits per heavy atom. The molecule has 0 fully saturated rings. The van der Waals surface area contributed by atoms with Crippen molar-refractivity contribution in [1.29, 1.82) is 0 Å². The van der Waals surface area contributed by atoms with Crippen LogP contribution in [0.1, 0.15) is 70.7 Å². The van der Waals surface area contributed by atoms with Crippen LogP contribution in [-0.4, -0.2) is 25.3 Å². The van der Waals surface area contributed by atoms with Crippen molar-refractivity contribution < 1.29 is 14.3 Å². The summed E-state index contributed by atoms with van der Waals surface area (Å²) in [5.41, 5.74) is 0.827. The number of hydrogen-bond acceptors (Lipinski definition) is 3. The van der Waals surface area contributed by atoms with E-state index in [1.807, 2.05) is 0 Å². The molecule has 0 aliphatic carbocycles. The first-order valence-corrected chi connectivity index (χ1v) is 9.01. The van der Waals surface area contributed by atoms with Gasteiger partial charge in [0.05, 0.1) is 7.11 Å². The van der Waals surface area contributed by atoms with Crippen LogP contribution in [0.5, 0.6) is 5.75 Å². The average molecular weight is 347 g/mol. The fourth-order valence-corrected chi connectivity index (χ4v) is 2.74. The van der Waals surface area contributed by atoms with E-state index < -0.39 is 0 Å². The molecule has 4 nitrogen and oxygen atoms in total. The summed E-state index contributed by atoms with van der Waals surface area (Å²) >= 11 is 0.